The van der Waals surface area contributed by atoms with Gasteiger partial charge in [0.25, 0.3) is 0 Å². The molecule has 4 rings (SSSR count). The summed E-state index contributed by atoms with van der Waals surface area (Å²) in [5.41, 5.74) is 5.54. The predicted octanol–water partition coefficient (Wildman–Crippen LogP) is 4.02. The van der Waals surface area contributed by atoms with Crippen LogP contribution in [0.5, 0.6) is 0 Å². The third-order valence-electron chi connectivity index (χ3n) is 4.32. The van der Waals surface area contributed by atoms with Crippen LogP contribution in [0.15, 0.2) is 53.5 Å². The fraction of sp³-hybridized carbons (Fsp3) is 0.235. The van der Waals surface area contributed by atoms with E-state index >= 15 is 0 Å². The molecule has 0 N–H and O–H groups in total. The summed E-state index contributed by atoms with van der Waals surface area (Å²) in [6.07, 6.45) is 5.81. The fourth-order valence-electron chi connectivity index (χ4n) is 3.49. The zero-order valence-corrected chi connectivity index (χ0v) is 10.3. The average Bonchev–Trinajstić information content (AvgIpc) is 2.80. The van der Waals surface area contributed by atoms with E-state index in [1.165, 1.54) is 36.0 Å². The summed E-state index contributed by atoms with van der Waals surface area (Å²) in [6, 6.07) is 17.4. The number of aryl methyl sites for hydroxylation is 1. The van der Waals surface area contributed by atoms with Gasteiger partial charge in [0.1, 0.15) is 0 Å². The van der Waals surface area contributed by atoms with Gasteiger partial charge in [0.05, 0.1) is 11.1 Å². The van der Waals surface area contributed by atoms with Crippen molar-refractivity contribution in [1.29, 1.82) is 0 Å². The van der Waals surface area contributed by atoms with E-state index in [1.807, 2.05) is 0 Å². The zero-order chi connectivity index (χ0) is 12.0. The van der Waals surface area contributed by atoms with Gasteiger partial charge in [-0.15, -0.1) is 0 Å². The van der Waals surface area contributed by atoms with Crippen molar-refractivity contribution in [3.63, 3.8) is 0 Å². The molecule has 88 valence electrons. The normalized spacial score (nSPS) is 24.0. The van der Waals surface area contributed by atoms with Gasteiger partial charge in [-0.1, -0.05) is 42.5 Å². The quantitative estimate of drug-likeness (QED) is 0.651. The minimum atomic E-state index is 0.0471. The number of hydrogen-bond acceptors (Lipinski definition) is 1. The number of fused-ring (bicyclic) bond motifs is 4. The fourth-order valence-corrected chi connectivity index (χ4v) is 3.49. The van der Waals surface area contributed by atoms with Gasteiger partial charge in [-0.2, -0.15) is 0 Å². The second-order valence-electron chi connectivity index (χ2n) is 5.26. The van der Waals surface area contributed by atoms with Gasteiger partial charge >= 0.3 is 0 Å². The predicted molar refractivity (Wildman–Crippen MR) is 74.8 cm³/mol. The number of benzene rings is 2. The van der Waals surface area contributed by atoms with E-state index in [-0.39, 0.29) is 5.41 Å². The van der Waals surface area contributed by atoms with Crippen molar-refractivity contribution in [2.24, 2.45) is 4.99 Å². The molecule has 0 saturated heterocycles. The lowest BCUT2D eigenvalue weighted by molar-refractivity contribution is 0.557. The Kier molecular flexibility index (Phi) is 1.99. The lowest BCUT2D eigenvalue weighted by Crippen LogP contribution is -2.31. The molecule has 2 aromatic rings. The highest BCUT2D eigenvalue weighted by atomic mass is 14.8. The molecule has 0 saturated carbocycles. The molecule has 2 aliphatic rings. The van der Waals surface area contributed by atoms with E-state index in [4.69, 9.17) is 0 Å². The minimum Gasteiger partial charge on any atom is -0.260 e. The van der Waals surface area contributed by atoms with E-state index < -0.39 is 0 Å². The molecule has 1 heterocycles. The maximum Gasteiger partial charge on any atom is 0.0671 e. The van der Waals surface area contributed by atoms with E-state index in [2.05, 4.69) is 59.7 Å². The summed E-state index contributed by atoms with van der Waals surface area (Å²) in [4.78, 5) is 4.65. The number of rotatable bonds is 0. The van der Waals surface area contributed by atoms with Gasteiger partial charge in [0.15, 0.2) is 0 Å². The van der Waals surface area contributed by atoms with Crippen molar-refractivity contribution < 1.29 is 0 Å². The summed E-state index contributed by atoms with van der Waals surface area (Å²) in [5, 5.41) is 0. The van der Waals surface area contributed by atoms with Crippen molar-refractivity contribution in [2.75, 3.05) is 0 Å². The summed E-state index contributed by atoms with van der Waals surface area (Å²) >= 11 is 0. The first kappa shape index (κ1) is 10.1. The van der Waals surface area contributed by atoms with Crippen molar-refractivity contribution in [3.05, 3.63) is 65.2 Å². The Balaban J connectivity index is 2.00. The molecule has 0 amide bonds. The van der Waals surface area contributed by atoms with Crippen LogP contribution in [0.2, 0.25) is 0 Å². The summed E-state index contributed by atoms with van der Waals surface area (Å²) in [7, 11) is 0. The van der Waals surface area contributed by atoms with Crippen molar-refractivity contribution >= 4 is 11.9 Å². The Hall–Kier alpha value is -1.89. The first-order valence-electron chi connectivity index (χ1n) is 6.63. The van der Waals surface area contributed by atoms with Crippen LogP contribution in [-0.2, 0) is 11.8 Å². The highest BCUT2D eigenvalue weighted by Crippen LogP contribution is 2.47. The van der Waals surface area contributed by atoms with E-state index in [0.717, 1.165) is 5.69 Å². The summed E-state index contributed by atoms with van der Waals surface area (Å²) in [5.74, 6) is 0. The SMILES string of the molecule is C1=Nc2ccccc2C12CCCc1ccccc12. The minimum absolute atomic E-state index is 0.0471. The van der Waals surface area contributed by atoms with Crippen LogP contribution in [0.1, 0.15) is 29.5 Å². The maximum absolute atomic E-state index is 4.65. The molecule has 0 bridgehead atoms. The zero-order valence-electron chi connectivity index (χ0n) is 10.3. The maximum atomic E-state index is 4.65. The van der Waals surface area contributed by atoms with Gasteiger partial charge in [-0.05, 0) is 42.0 Å². The van der Waals surface area contributed by atoms with Crippen LogP contribution >= 0.6 is 0 Å². The molecule has 1 nitrogen and oxygen atoms in total. The molecule has 2 aromatic carbocycles. The molecule has 1 unspecified atom stereocenters. The Bertz CT molecular complexity index is 642. The highest BCUT2D eigenvalue weighted by Gasteiger charge is 2.40. The summed E-state index contributed by atoms with van der Waals surface area (Å²) < 4.78 is 0. The molecule has 1 atom stereocenters. The highest BCUT2D eigenvalue weighted by molar-refractivity contribution is 5.89. The Labute approximate surface area is 107 Å². The molecular weight excluding hydrogens is 218 g/mol. The van der Waals surface area contributed by atoms with Gasteiger partial charge in [-0.3, -0.25) is 4.99 Å². The number of hydrogen-bond donors (Lipinski definition) is 0. The van der Waals surface area contributed by atoms with E-state index in [9.17, 15) is 0 Å². The molecule has 1 spiro atoms. The third-order valence-corrected chi connectivity index (χ3v) is 4.32. The van der Waals surface area contributed by atoms with Crippen LogP contribution < -0.4 is 0 Å². The van der Waals surface area contributed by atoms with Gasteiger partial charge in [0, 0.05) is 6.21 Å². The molecule has 0 aromatic heterocycles. The van der Waals surface area contributed by atoms with Crippen LogP contribution in [0.4, 0.5) is 5.69 Å². The molecule has 1 aliphatic carbocycles. The lowest BCUT2D eigenvalue weighted by atomic mass is 9.67. The Morgan fingerprint density at radius 1 is 0.889 bits per heavy atom. The standard InChI is InChI=1S/C17H15N/c1-2-8-14-13(6-1)7-5-11-17(14)12-18-16-10-4-3-9-15(16)17/h1-4,6,8-10,12H,5,7,11H2. The van der Waals surface area contributed by atoms with E-state index in [0.29, 0.717) is 0 Å². The lowest BCUT2D eigenvalue weighted by Gasteiger charge is -2.34. The Morgan fingerprint density at radius 2 is 1.67 bits per heavy atom. The molecular formula is C17H15N. The second kappa shape index (κ2) is 3.55. The average molecular weight is 233 g/mol. The topological polar surface area (TPSA) is 12.4 Å². The molecule has 1 heteroatoms. The van der Waals surface area contributed by atoms with E-state index in [1.54, 1.807) is 0 Å². The van der Waals surface area contributed by atoms with Crippen molar-refractivity contribution in [1.82, 2.24) is 0 Å². The summed E-state index contributed by atoms with van der Waals surface area (Å²) in [6.45, 7) is 0. The first-order chi connectivity index (χ1) is 8.90. The largest absolute Gasteiger partial charge is 0.260 e. The smallest absolute Gasteiger partial charge is 0.0671 e. The number of nitrogens with zero attached hydrogens (tertiary/aromatic N) is 1. The third kappa shape index (κ3) is 1.19. The number of aliphatic imine (C=N–C) groups is 1. The van der Waals surface area contributed by atoms with Crippen LogP contribution in [0.3, 0.4) is 0 Å². The van der Waals surface area contributed by atoms with Crippen LogP contribution in [0, 0.1) is 0 Å². The monoisotopic (exact) mass is 233 g/mol. The van der Waals surface area contributed by atoms with Crippen LogP contribution in [-0.4, -0.2) is 6.21 Å². The first-order valence-corrected chi connectivity index (χ1v) is 6.63. The van der Waals surface area contributed by atoms with Gasteiger partial charge in [-0.25, -0.2) is 0 Å². The molecule has 0 fully saturated rings. The molecule has 0 radical (unpaired) electrons. The van der Waals surface area contributed by atoms with Crippen molar-refractivity contribution in [3.8, 4) is 0 Å². The van der Waals surface area contributed by atoms with Gasteiger partial charge in [0.2, 0.25) is 0 Å². The molecule has 1 aliphatic heterocycles. The van der Waals surface area contributed by atoms with Crippen LogP contribution in [0.25, 0.3) is 0 Å². The number of para-hydroxylation sites is 1. The van der Waals surface area contributed by atoms with Gasteiger partial charge < -0.3 is 0 Å². The Morgan fingerprint density at radius 3 is 2.61 bits per heavy atom. The second-order valence-corrected chi connectivity index (χ2v) is 5.26. The molecule has 18 heavy (non-hydrogen) atoms. The van der Waals surface area contributed by atoms with Crippen molar-refractivity contribution in [2.45, 2.75) is 24.7 Å².